The Bertz CT molecular complexity index is 1320. The van der Waals surface area contributed by atoms with E-state index in [0.29, 0.717) is 41.7 Å². The number of amides is 1. The van der Waals surface area contributed by atoms with Gasteiger partial charge in [0.1, 0.15) is 10.8 Å². The Balaban J connectivity index is 1.56. The van der Waals surface area contributed by atoms with E-state index >= 15 is 0 Å². The van der Waals surface area contributed by atoms with Gasteiger partial charge in [0.15, 0.2) is 22.1 Å². The molecule has 0 fully saturated rings. The van der Waals surface area contributed by atoms with Crippen molar-refractivity contribution in [2.45, 2.75) is 32.2 Å². The summed E-state index contributed by atoms with van der Waals surface area (Å²) in [6.45, 7) is 3.09. The number of carbonyl (C=O) groups excluding carboxylic acids is 1. The molecule has 180 valence electrons. The van der Waals surface area contributed by atoms with Gasteiger partial charge in [-0.15, -0.1) is 10.2 Å². The highest BCUT2D eigenvalue weighted by Crippen LogP contribution is 2.40. The molecule has 0 radical (unpaired) electrons. The normalized spacial score (nSPS) is 15.3. The smallest absolute Gasteiger partial charge is 0.275 e. The zero-order valence-corrected chi connectivity index (χ0v) is 20.5. The molecule has 0 saturated heterocycles. The van der Waals surface area contributed by atoms with E-state index in [4.69, 9.17) is 9.84 Å². The third-order valence-corrected chi connectivity index (χ3v) is 6.95. The molecule has 2 aromatic heterocycles. The summed E-state index contributed by atoms with van der Waals surface area (Å²) in [7, 11) is 1.80. The highest BCUT2D eigenvalue weighted by atomic mass is 32.1. The van der Waals surface area contributed by atoms with Crippen molar-refractivity contribution in [2.24, 2.45) is 0 Å². The maximum absolute atomic E-state index is 13.3. The van der Waals surface area contributed by atoms with Crippen LogP contribution in [0.1, 0.15) is 52.4 Å². The number of hydrogen-bond acceptors (Lipinski definition) is 6. The molecule has 3 heterocycles. The van der Waals surface area contributed by atoms with Crippen LogP contribution in [0, 0.1) is 5.82 Å². The first-order valence-electron chi connectivity index (χ1n) is 11.7. The van der Waals surface area contributed by atoms with Crippen LogP contribution < -0.4 is 4.74 Å². The highest BCUT2D eigenvalue weighted by molar-refractivity contribution is 7.14. The molecule has 1 aliphatic rings. The number of unbranched alkanes of at least 4 members (excludes halogenated alkanes) is 1. The fourth-order valence-corrected chi connectivity index (χ4v) is 5.01. The second-order valence-electron chi connectivity index (χ2n) is 8.59. The summed E-state index contributed by atoms with van der Waals surface area (Å²) in [6.07, 6.45) is 2.37. The zero-order chi connectivity index (χ0) is 24.4. The quantitative estimate of drug-likeness (QED) is 0.325. The number of likely N-dealkylation sites (N-methyl/N-ethyl adjacent to an activating group) is 1. The number of carbonyl (C=O) groups is 1. The van der Waals surface area contributed by atoms with E-state index < -0.39 is 0 Å². The third kappa shape index (κ3) is 4.68. The zero-order valence-electron chi connectivity index (χ0n) is 19.6. The molecule has 35 heavy (non-hydrogen) atoms. The van der Waals surface area contributed by atoms with Crippen LogP contribution in [-0.4, -0.2) is 51.0 Å². The molecule has 2 aromatic carbocycles. The van der Waals surface area contributed by atoms with E-state index in [9.17, 15) is 9.18 Å². The van der Waals surface area contributed by atoms with Gasteiger partial charge in [-0.3, -0.25) is 4.79 Å². The summed E-state index contributed by atoms with van der Waals surface area (Å²) in [5, 5.41) is 15.0. The van der Waals surface area contributed by atoms with Crippen molar-refractivity contribution in [3.8, 4) is 16.5 Å². The lowest BCUT2D eigenvalue weighted by Crippen LogP contribution is -2.41. The van der Waals surface area contributed by atoms with Gasteiger partial charge in [0.05, 0.1) is 12.6 Å². The van der Waals surface area contributed by atoms with Crippen LogP contribution in [0.15, 0.2) is 54.6 Å². The third-order valence-electron chi connectivity index (χ3n) is 6.02. The second-order valence-corrected chi connectivity index (χ2v) is 9.65. The summed E-state index contributed by atoms with van der Waals surface area (Å²) < 4.78 is 21.2. The molecule has 0 aliphatic carbocycles. The number of fused-ring (bicyclic) bond motifs is 1. The molecule has 1 amide bonds. The van der Waals surface area contributed by atoms with Gasteiger partial charge in [0, 0.05) is 20.0 Å². The van der Waals surface area contributed by atoms with Crippen LogP contribution in [0.4, 0.5) is 4.39 Å². The molecule has 4 aromatic rings. The molecule has 0 bridgehead atoms. The number of ether oxygens (including phenoxy) is 1. The molecule has 0 saturated carbocycles. The van der Waals surface area contributed by atoms with Crippen LogP contribution in [-0.2, 0) is 6.42 Å². The molecule has 1 atom stereocenters. The minimum atomic E-state index is -0.272. The van der Waals surface area contributed by atoms with Crippen LogP contribution in [0.25, 0.3) is 10.7 Å². The van der Waals surface area contributed by atoms with Crippen LogP contribution >= 0.6 is 11.3 Å². The van der Waals surface area contributed by atoms with Crippen LogP contribution in [0.2, 0.25) is 0 Å². The molecular formula is C26H26FN5O2S. The van der Waals surface area contributed by atoms with Gasteiger partial charge >= 0.3 is 0 Å². The molecule has 0 N–H and O–H groups in total. The standard InChI is InChI=1S/C26H26FN5O2S/c1-3-4-14-34-24-22(25-29-28-21(35-25)15-17-10-12-19(27)13-11-17)30-32-20(18-8-6-5-7-9-18)16-31(2)26(33)23(24)32/h5-13,20H,3-4,14-16H2,1-2H3/t20-/m1/s1. The fraction of sp³-hybridized carbons (Fsp3) is 0.308. The number of aromatic nitrogens is 4. The summed E-state index contributed by atoms with van der Waals surface area (Å²) >= 11 is 1.40. The van der Waals surface area contributed by atoms with Crippen molar-refractivity contribution in [1.82, 2.24) is 24.9 Å². The minimum absolute atomic E-state index is 0.126. The molecule has 1 aliphatic heterocycles. The first-order chi connectivity index (χ1) is 17.0. The van der Waals surface area contributed by atoms with Crippen molar-refractivity contribution in [1.29, 1.82) is 0 Å². The Morgan fingerprint density at radius 3 is 2.63 bits per heavy atom. The first-order valence-corrected chi connectivity index (χ1v) is 12.5. The molecule has 9 heteroatoms. The van der Waals surface area contributed by atoms with Crippen molar-refractivity contribution in [2.75, 3.05) is 20.2 Å². The Labute approximate surface area is 207 Å². The Hall–Kier alpha value is -3.59. The maximum atomic E-state index is 13.3. The van der Waals surface area contributed by atoms with Gasteiger partial charge in [-0.1, -0.05) is 67.1 Å². The minimum Gasteiger partial charge on any atom is -0.489 e. The number of nitrogens with zero attached hydrogens (tertiary/aromatic N) is 5. The van der Waals surface area contributed by atoms with E-state index in [1.807, 2.05) is 30.3 Å². The van der Waals surface area contributed by atoms with E-state index in [0.717, 1.165) is 29.0 Å². The predicted octanol–water partition coefficient (Wildman–Crippen LogP) is 4.99. The Kier molecular flexibility index (Phi) is 6.59. The fourth-order valence-electron chi connectivity index (χ4n) is 4.16. The largest absolute Gasteiger partial charge is 0.489 e. The molecule has 5 rings (SSSR count). The summed E-state index contributed by atoms with van der Waals surface area (Å²) in [5.41, 5.74) is 2.98. The van der Waals surface area contributed by atoms with Gasteiger partial charge in [-0.05, 0) is 29.7 Å². The monoisotopic (exact) mass is 491 g/mol. The summed E-state index contributed by atoms with van der Waals surface area (Å²) in [5.74, 6) is 0.0608. The van der Waals surface area contributed by atoms with Gasteiger partial charge in [-0.25, -0.2) is 9.07 Å². The van der Waals surface area contributed by atoms with E-state index in [-0.39, 0.29) is 17.8 Å². The topological polar surface area (TPSA) is 73.1 Å². The van der Waals surface area contributed by atoms with E-state index in [2.05, 4.69) is 17.1 Å². The lowest BCUT2D eigenvalue weighted by molar-refractivity contribution is 0.0718. The SMILES string of the molecule is CCCCOc1c(-c2nnc(Cc3ccc(F)cc3)s2)nn2c1C(=O)N(C)C[C@@H]2c1ccccc1. The van der Waals surface area contributed by atoms with Crippen molar-refractivity contribution >= 4 is 17.2 Å². The predicted molar refractivity (Wildman–Crippen MR) is 132 cm³/mol. The Morgan fingerprint density at radius 2 is 1.89 bits per heavy atom. The molecule has 7 nitrogen and oxygen atoms in total. The number of halogens is 1. The molecule has 0 spiro atoms. The van der Waals surface area contributed by atoms with Gasteiger partial charge in [0.2, 0.25) is 0 Å². The van der Waals surface area contributed by atoms with Gasteiger partial charge in [0.25, 0.3) is 5.91 Å². The lowest BCUT2D eigenvalue weighted by atomic mass is 10.0. The average molecular weight is 492 g/mol. The van der Waals surface area contributed by atoms with Crippen molar-refractivity contribution in [3.63, 3.8) is 0 Å². The van der Waals surface area contributed by atoms with E-state index in [1.165, 1.54) is 23.5 Å². The highest BCUT2D eigenvalue weighted by Gasteiger charge is 2.37. The molecule has 0 unspecified atom stereocenters. The van der Waals surface area contributed by atoms with Crippen molar-refractivity contribution < 1.29 is 13.9 Å². The van der Waals surface area contributed by atoms with Gasteiger partial charge < -0.3 is 9.64 Å². The summed E-state index contributed by atoms with van der Waals surface area (Å²) in [4.78, 5) is 15.0. The first kappa shape index (κ1) is 23.2. The van der Waals surface area contributed by atoms with Gasteiger partial charge in [-0.2, -0.15) is 5.10 Å². The summed E-state index contributed by atoms with van der Waals surface area (Å²) in [6, 6.07) is 16.3. The maximum Gasteiger partial charge on any atom is 0.275 e. The number of rotatable bonds is 8. The average Bonchev–Trinajstić information content (AvgIpc) is 3.48. The molecular weight excluding hydrogens is 465 g/mol. The van der Waals surface area contributed by atoms with Crippen molar-refractivity contribution in [3.05, 3.63) is 82.2 Å². The Morgan fingerprint density at radius 1 is 1.11 bits per heavy atom. The van der Waals surface area contributed by atoms with E-state index in [1.54, 1.807) is 28.8 Å². The number of hydrogen-bond donors (Lipinski definition) is 0. The second kappa shape index (κ2) is 9.95. The van der Waals surface area contributed by atoms with Crippen LogP contribution in [0.5, 0.6) is 5.75 Å². The van der Waals surface area contributed by atoms with Crippen LogP contribution in [0.3, 0.4) is 0 Å². The lowest BCUT2D eigenvalue weighted by Gasteiger charge is -2.31. The number of benzene rings is 2.